The van der Waals surface area contributed by atoms with Gasteiger partial charge in [0.15, 0.2) is 13.2 Å². The number of imide groups is 1. The van der Waals surface area contributed by atoms with Gasteiger partial charge in [-0.05, 0) is 92.7 Å². The van der Waals surface area contributed by atoms with E-state index in [2.05, 4.69) is 10.6 Å². The first-order chi connectivity index (χ1) is 27.8. The third kappa shape index (κ3) is 11.7. The highest BCUT2D eigenvalue weighted by Gasteiger charge is 2.40. The van der Waals surface area contributed by atoms with Crippen LogP contribution in [0.15, 0.2) is 97.1 Å². The fourth-order valence-electron chi connectivity index (χ4n) is 7.68. The molecule has 0 radical (unpaired) electrons. The molecule has 3 N–H and O–H groups in total. The first kappa shape index (κ1) is 43.4. The number of para-hydroxylation sites is 2. The number of aliphatic hydroxyl groups is 1. The molecule has 5 amide bonds. The molecule has 4 aromatic carbocycles. The van der Waals surface area contributed by atoms with Crippen LogP contribution in [0.3, 0.4) is 0 Å². The van der Waals surface area contributed by atoms with E-state index in [0.717, 1.165) is 33.4 Å². The number of aryl methyl sites for hydroxylation is 4. The molecule has 1 aliphatic rings. The first-order valence-electron chi connectivity index (χ1n) is 20.2. The van der Waals surface area contributed by atoms with Gasteiger partial charge in [0.1, 0.15) is 17.5 Å². The number of hydrogen-bond acceptors (Lipinski definition) is 7. The summed E-state index contributed by atoms with van der Waals surface area (Å²) in [5, 5.41) is 18.1. The molecule has 308 valence electrons. The Morgan fingerprint density at radius 1 is 0.690 bits per heavy atom. The number of aliphatic hydroxyl groups excluding tert-OH is 1. The van der Waals surface area contributed by atoms with E-state index in [0.29, 0.717) is 37.3 Å². The monoisotopic (exact) mass is 790 g/mol. The summed E-state index contributed by atoms with van der Waals surface area (Å²) >= 11 is 0. The summed E-state index contributed by atoms with van der Waals surface area (Å²) in [6.45, 7) is 11.4. The van der Waals surface area contributed by atoms with Gasteiger partial charge in [-0.25, -0.2) is 4.79 Å². The summed E-state index contributed by atoms with van der Waals surface area (Å²) in [5.74, 6) is -0.282. The van der Waals surface area contributed by atoms with Crippen LogP contribution in [0.4, 0.5) is 4.79 Å². The molecule has 1 aliphatic heterocycles. The van der Waals surface area contributed by atoms with Gasteiger partial charge in [-0.3, -0.25) is 19.3 Å². The summed E-state index contributed by atoms with van der Waals surface area (Å²) in [7, 11) is 0. The minimum Gasteiger partial charge on any atom is -0.483 e. The van der Waals surface area contributed by atoms with Crippen LogP contribution < -0.4 is 20.1 Å². The smallest absolute Gasteiger partial charge is 0.327 e. The van der Waals surface area contributed by atoms with E-state index in [1.54, 1.807) is 0 Å². The SMILES string of the molecule is Cc1cccc(C)c1OCC(=O)NC(Cc1ccccc1)C(O)CC(Cc1ccccc1)NC(=O)C(C(C)C)N1CCCN(C(=O)COc2c(C)cccc2C)C1=O. The van der Waals surface area contributed by atoms with Gasteiger partial charge in [0.05, 0.1) is 12.1 Å². The van der Waals surface area contributed by atoms with Crippen LogP contribution in [0.2, 0.25) is 0 Å². The second-order valence-corrected chi connectivity index (χ2v) is 15.6. The van der Waals surface area contributed by atoms with Gasteiger partial charge in [0.2, 0.25) is 5.91 Å². The zero-order chi connectivity index (χ0) is 41.8. The van der Waals surface area contributed by atoms with Gasteiger partial charge >= 0.3 is 6.03 Å². The van der Waals surface area contributed by atoms with Gasteiger partial charge in [-0.1, -0.05) is 111 Å². The van der Waals surface area contributed by atoms with E-state index in [1.807, 2.05) is 139 Å². The van der Waals surface area contributed by atoms with Crippen molar-refractivity contribution in [3.05, 3.63) is 130 Å². The maximum absolute atomic E-state index is 14.4. The summed E-state index contributed by atoms with van der Waals surface area (Å²) in [4.78, 5) is 57.8. The van der Waals surface area contributed by atoms with Crippen molar-refractivity contribution < 1.29 is 33.8 Å². The Kier molecular flexibility index (Phi) is 15.5. The maximum atomic E-state index is 14.4. The number of urea groups is 1. The Bertz CT molecular complexity index is 1960. The predicted molar refractivity (Wildman–Crippen MR) is 225 cm³/mol. The molecule has 5 rings (SSSR count). The minimum absolute atomic E-state index is 0.106. The standard InChI is InChI=1S/C47H58N4O7/c1-31(2)43(51-25-15-24-50(47(51)56)42(54)30-58-45-34(5)18-14-19-35(45)6)46(55)48-38(26-36-20-9-7-10-21-36)28-40(52)39(27-37-22-11-8-12-23-37)49-41(53)29-57-44-32(3)16-13-17-33(44)4/h7-14,16-23,31,38-40,43,52H,15,24-30H2,1-6H3,(H,48,55)(H,49,53). The van der Waals surface area contributed by atoms with E-state index in [4.69, 9.17) is 9.47 Å². The lowest BCUT2D eigenvalue weighted by Crippen LogP contribution is -2.61. The zero-order valence-electron chi connectivity index (χ0n) is 34.6. The third-order valence-electron chi connectivity index (χ3n) is 10.6. The van der Waals surface area contributed by atoms with Crippen molar-refractivity contribution in [3.8, 4) is 11.5 Å². The van der Waals surface area contributed by atoms with Crippen molar-refractivity contribution in [1.82, 2.24) is 20.4 Å². The normalized spacial score (nSPS) is 15.0. The highest BCUT2D eigenvalue weighted by Crippen LogP contribution is 2.25. The Balaban J connectivity index is 1.32. The second-order valence-electron chi connectivity index (χ2n) is 15.6. The van der Waals surface area contributed by atoms with Crippen molar-refractivity contribution in [1.29, 1.82) is 0 Å². The van der Waals surface area contributed by atoms with Crippen molar-refractivity contribution in [2.45, 2.75) is 91.5 Å². The average molecular weight is 791 g/mol. The number of nitrogens with one attached hydrogen (secondary N) is 2. The molecule has 0 saturated carbocycles. The summed E-state index contributed by atoms with van der Waals surface area (Å²) in [6.07, 6.45) is 0.270. The van der Waals surface area contributed by atoms with E-state index < -0.39 is 36.2 Å². The fourth-order valence-corrected chi connectivity index (χ4v) is 7.68. The van der Waals surface area contributed by atoms with E-state index in [-0.39, 0.29) is 43.9 Å². The van der Waals surface area contributed by atoms with Crippen molar-refractivity contribution in [2.24, 2.45) is 5.92 Å². The average Bonchev–Trinajstić information content (AvgIpc) is 3.18. The predicted octanol–water partition coefficient (Wildman–Crippen LogP) is 6.26. The lowest BCUT2D eigenvalue weighted by molar-refractivity contribution is -0.134. The number of ether oxygens (including phenoxy) is 2. The molecule has 1 fully saturated rings. The molecule has 1 heterocycles. The minimum atomic E-state index is -1.07. The molecule has 4 aromatic rings. The number of carbonyl (C=O) groups is 4. The first-order valence-corrected chi connectivity index (χ1v) is 20.2. The lowest BCUT2D eigenvalue weighted by Gasteiger charge is -2.40. The van der Waals surface area contributed by atoms with Crippen LogP contribution in [-0.4, -0.2) is 89.2 Å². The van der Waals surface area contributed by atoms with Crippen molar-refractivity contribution in [3.63, 3.8) is 0 Å². The molecule has 58 heavy (non-hydrogen) atoms. The Morgan fingerprint density at radius 3 is 1.74 bits per heavy atom. The molecular formula is C47H58N4O7. The van der Waals surface area contributed by atoms with Crippen LogP contribution >= 0.6 is 0 Å². The third-order valence-corrected chi connectivity index (χ3v) is 10.6. The summed E-state index contributed by atoms with van der Waals surface area (Å²) < 4.78 is 11.8. The topological polar surface area (TPSA) is 138 Å². The molecule has 0 spiro atoms. The molecule has 4 unspecified atom stereocenters. The summed E-state index contributed by atoms with van der Waals surface area (Å²) in [5.41, 5.74) is 5.49. The van der Waals surface area contributed by atoms with Gasteiger partial charge in [0.25, 0.3) is 11.8 Å². The number of benzene rings is 4. The van der Waals surface area contributed by atoms with Gasteiger partial charge in [-0.15, -0.1) is 0 Å². The maximum Gasteiger partial charge on any atom is 0.327 e. The van der Waals surface area contributed by atoms with Crippen LogP contribution in [0.1, 0.15) is 60.1 Å². The van der Waals surface area contributed by atoms with Crippen molar-refractivity contribution in [2.75, 3.05) is 26.3 Å². The summed E-state index contributed by atoms with van der Waals surface area (Å²) in [6, 6.07) is 28.0. The highest BCUT2D eigenvalue weighted by atomic mass is 16.5. The van der Waals surface area contributed by atoms with Crippen LogP contribution in [0.25, 0.3) is 0 Å². The fraction of sp³-hybridized carbons (Fsp3) is 0.404. The van der Waals surface area contributed by atoms with E-state index >= 15 is 0 Å². The second kappa shape index (κ2) is 20.7. The number of nitrogens with zero attached hydrogens (tertiary/aromatic N) is 2. The van der Waals surface area contributed by atoms with Gasteiger partial charge in [0, 0.05) is 19.1 Å². The number of rotatable bonds is 18. The van der Waals surface area contributed by atoms with Crippen LogP contribution in [0.5, 0.6) is 11.5 Å². The van der Waals surface area contributed by atoms with E-state index in [1.165, 1.54) is 9.80 Å². The Labute approximate surface area is 342 Å². The zero-order valence-corrected chi connectivity index (χ0v) is 34.6. The molecular weight excluding hydrogens is 733 g/mol. The van der Waals surface area contributed by atoms with Crippen molar-refractivity contribution >= 4 is 23.8 Å². The van der Waals surface area contributed by atoms with Crippen LogP contribution in [-0.2, 0) is 27.2 Å². The van der Waals surface area contributed by atoms with E-state index in [9.17, 15) is 24.3 Å². The lowest BCUT2D eigenvalue weighted by atomic mass is 9.92. The largest absolute Gasteiger partial charge is 0.483 e. The molecule has 1 saturated heterocycles. The van der Waals surface area contributed by atoms with Gasteiger partial charge in [-0.2, -0.15) is 0 Å². The number of carbonyl (C=O) groups excluding carboxylic acids is 4. The molecule has 0 aliphatic carbocycles. The molecule has 11 nitrogen and oxygen atoms in total. The highest BCUT2D eigenvalue weighted by molar-refractivity contribution is 5.98. The Hall–Kier alpha value is -5.68. The van der Waals surface area contributed by atoms with Gasteiger partial charge < -0.3 is 30.1 Å². The van der Waals surface area contributed by atoms with Crippen LogP contribution in [0, 0.1) is 33.6 Å². The molecule has 4 atom stereocenters. The Morgan fingerprint density at radius 2 is 1.21 bits per heavy atom. The molecule has 0 bridgehead atoms. The molecule has 11 heteroatoms. The quantitative estimate of drug-likeness (QED) is 0.108. The number of amides is 5. The number of hydrogen-bond donors (Lipinski definition) is 3. The molecule has 0 aromatic heterocycles.